The van der Waals surface area contributed by atoms with Gasteiger partial charge in [-0.3, -0.25) is 5.32 Å². The average molecular weight is 282 g/mol. The van der Waals surface area contributed by atoms with Crippen LogP contribution in [0.3, 0.4) is 0 Å². The van der Waals surface area contributed by atoms with Crippen molar-refractivity contribution in [2.45, 2.75) is 51.7 Å². The third-order valence-corrected chi connectivity index (χ3v) is 2.78. The molecule has 0 aromatic rings. The number of carbonyl (C=O) groups excluding carboxylic acids is 2. The first-order valence-corrected chi connectivity index (χ1v) is 6.67. The number of hydrogen-bond acceptors (Lipinski definition) is 4. The van der Waals surface area contributed by atoms with Crippen molar-refractivity contribution in [2.24, 2.45) is 0 Å². The molecule has 0 saturated carbocycles. The standard InChI is InChI=1S/C14H22N2O4/c1-5-7-11-8-6-9-16(11)13(18)19-10-15-12(17)20-14(2,3)4/h1,11H,6-10H2,2-4H3,(H,15,17). The molecule has 2 amide bonds. The largest absolute Gasteiger partial charge is 0.444 e. The second-order valence-electron chi connectivity index (χ2n) is 5.63. The third kappa shape index (κ3) is 5.39. The fraction of sp³-hybridized carbons (Fsp3) is 0.714. The molecule has 1 saturated heterocycles. The number of rotatable bonds is 3. The van der Waals surface area contributed by atoms with Gasteiger partial charge in [-0.1, -0.05) is 0 Å². The van der Waals surface area contributed by atoms with E-state index >= 15 is 0 Å². The van der Waals surface area contributed by atoms with E-state index in [1.807, 2.05) is 0 Å². The second kappa shape index (κ2) is 7.04. The van der Waals surface area contributed by atoms with Gasteiger partial charge in [-0.15, -0.1) is 12.3 Å². The van der Waals surface area contributed by atoms with Crippen molar-refractivity contribution in [3.63, 3.8) is 0 Å². The van der Waals surface area contributed by atoms with Crippen LogP contribution in [-0.4, -0.2) is 42.0 Å². The summed E-state index contributed by atoms with van der Waals surface area (Å²) in [4.78, 5) is 24.8. The lowest BCUT2D eigenvalue weighted by Crippen LogP contribution is -2.39. The molecule has 1 heterocycles. The highest BCUT2D eigenvalue weighted by Gasteiger charge is 2.29. The van der Waals surface area contributed by atoms with Crippen LogP contribution in [0.1, 0.15) is 40.0 Å². The minimum Gasteiger partial charge on any atom is -0.444 e. The Hall–Kier alpha value is -1.90. The highest BCUT2D eigenvalue weighted by molar-refractivity contribution is 5.70. The molecule has 0 radical (unpaired) electrons. The maximum absolute atomic E-state index is 11.8. The Kier molecular flexibility index (Phi) is 5.68. The highest BCUT2D eigenvalue weighted by atomic mass is 16.6. The SMILES string of the molecule is C#CCC1CCCN1C(=O)OCNC(=O)OC(C)(C)C. The predicted molar refractivity (Wildman–Crippen MR) is 73.9 cm³/mol. The molecule has 1 fully saturated rings. The summed E-state index contributed by atoms with van der Waals surface area (Å²) in [6.45, 7) is 5.69. The Bertz CT molecular complexity index is 395. The van der Waals surface area contributed by atoms with E-state index in [2.05, 4.69) is 11.2 Å². The molecule has 112 valence electrons. The van der Waals surface area contributed by atoms with Crippen molar-refractivity contribution in [2.75, 3.05) is 13.3 Å². The summed E-state index contributed by atoms with van der Waals surface area (Å²) in [5.41, 5.74) is -0.582. The summed E-state index contributed by atoms with van der Waals surface area (Å²) in [6.07, 6.45) is 6.52. The van der Waals surface area contributed by atoms with Crippen LogP contribution in [0.15, 0.2) is 0 Å². The molecule has 1 unspecified atom stereocenters. The number of nitrogens with zero attached hydrogens (tertiary/aromatic N) is 1. The summed E-state index contributed by atoms with van der Waals surface area (Å²) in [5.74, 6) is 2.56. The number of carbonyl (C=O) groups is 2. The first-order valence-electron chi connectivity index (χ1n) is 6.67. The van der Waals surface area contributed by atoms with E-state index in [4.69, 9.17) is 15.9 Å². The van der Waals surface area contributed by atoms with Crippen LogP contribution in [0, 0.1) is 12.3 Å². The predicted octanol–water partition coefficient (Wildman–Crippen LogP) is 2.09. The summed E-state index contributed by atoms with van der Waals surface area (Å²) < 4.78 is 10.0. The van der Waals surface area contributed by atoms with Crippen LogP contribution in [0.5, 0.6) is 0 Å². The number of amides is 2. The zero-order valence-corrected chi connectivity index (χ0v) is 12.3. The Morgan fingerprint density at radius 1 is 1.45 bits per heavy atom. The van der Waals surface area contributed by atoms with Crippen molar-refractivity contribution in [1.82, 2.24) is 10.2 Å². The third-order valence-electron chi connectivity index (χ3n) is 2.78. The van der Waals surface area contributed by atoms with Gasteiger partial charge in [0.25, 0.3) is 0 Å². The first-order chi connectivity index (χ1) is 9.33. The summed E-state index contributed by atoms with van der Waals surface area (Å²) in [7, 11) is 0. The van der Waals surface area contributed by atoms with Gasteiger partial charge in [0.2, 0.25) is 0 Å². The maximum Gasteiger partial charge on any atom is 0.411 e. The van der Waals surface area contributed by atoms with Crippen molar-refractivity contribution in [1.29, 1.82) is 0 Å². The number of likely N-dealkylation sites (tertiary alicyclic amines) is 1. The van der Waals surface area contributed by atoms with Crippen LogP contribution >= 0.6 is 0 Å². The zero-order valence-electron chi connectivity index (χ0n) is 12.3. The van der Waals surface area contributed by atoms with E-state index in [1.54, 1.807) is 25.7 Å². The molecule has 6 nitrogen and oxygen atoms in total. The van der Waals surface area contributed by atoms with Gasteiger partial charge in [0, 0.05) is 19.0 Å². The molecule has 20 heavy (non-hydrogen) atoms. The Labute approximate surface area is 119 Å². The minimum absolute atomic E-state index is 0.0361. The van der Waals surface area contributed by atoms with E-state index in [1.165, 1.54) is 0 Å². The molecule has 1 N–H and O–H groups in total. The molecular weight excluding hydrogens is 260 g/mol. The molecule has 6 heteroatoms. The fourth-order valence-electron chi connectivity index (χ4n) is 1.98. The van der Waals surface area contributed by atoms with Crippen LogP contribution in [0.25, 0.3) is 0 Å². The monoisotopic (exact) mass is 282 g/mol. The minimum atomic E-state index is -0.619. The highest BCUT2D eigenvalue weighted by Crippen LogP contribution is 2.20. The van der Waals surface area contributed by atoms with Crippen molar-refractivity contribution in [3.05, 3.63) is 0 Å². The molecule has 1 rings (SSSR count). The zero-order chi connectivity index (χ0) is 15.2. The number of ether oxygens (including phenoxy) is 2. The van der Waals surface area contributed by atoms with E-state index in [0.29, 0.717) is 13.0 Å². The van der Waals surface area contributed by atoms with Gasteiger partial charge < -0.3 is 14.4 Å². The van der Waals surface area contributed by atoms with Crippen molar-refractivity contribution < 1.29 is 19.1 Å². The van der Waals surface area contributed by atoms with Crippen LogP contribution in [0.2, 0.25) is 0 Å². The van der Waals surface area contributed by atoms with Gasteiger partial charge in [0.05, 0.1) is 0 Å². The van der Waals surface area contributed by atoms with Crippen molar-refractivity contribution >= 4 is 12.2 Å². The number of alkyl carbamates (subject to hydrolysis) is 1. The van der Waals surface area contributed by atoms with Gasteiger partial charge in [-0.2, -0.15) is 0 Å². The van der Waals surface area contributed by atoms with Gasteiger partial charge in [-0.25, -0.2) is 9.59 Å². The quantitative estimate of drug-likeness (QED) is 0.636. The van der Waals surface area contributed by atoms with E-state index in [-0.39, 0.29) is 12.8 Å². The van der Waals surface area contributed by atoms with Crippen LogP contribution < -0.4 is 5.32 Å². The van der Waals surface area contributed by atoms with E-state index in [9.17, 15) is 9.59 Å². The van der Waals surface area contributed by atoms with E-state index in [0.717, 1.165) is 12.8 Å². The number of hydrogen-bond donors (Lipinski definition) is 1. The molecular formula is C14H22N2O4. The lowest BCUT2D eigenvalue weighted by molar-refractivity contribution is 0.0421. The molecule has 1 aliphatic rings. The van der Waals surface area contributed by atoms with Crippen molar-refractivity contribution in [3.8, 4) is 12.3 Å². The summed E-state index contributed by atoms with van der Waals surface area (Å²) in [5, 5.41) is 2.37. The van der Waals surface area contributed by atoms with Gasteiger partial charge in [0.1, 0.15) is 5.60 Å². The molecule has 0 aromatic heterocycles. The average Bonchev–Trinajstić information content (AvgIpc) is 2.75. The fourth-order valence-corrected chi connectivity index (χ4v) is 1.98. The maximum atomic E-state index is 11.8. The Morgan fingerprint density at radius 3 is 2.75 bits per heavy atom. The van der Waals surface area contributed by atoms with Crippen LogP contribution in [0.4, 0.5) is 9.59 Å². The molecule has 0 aliphatic carbocycles. The van der Waals surface area contributed by atoms with Gasteiger partial charge >= 0.3 is 12.2 Å². The first kappa shape index (κ1) is 16.2. The van der Waals surface area contributed by atoms with Crippen LogP contribution in [-0.2, 0) is 9.47 Å². The molecule has 0 spiro atoms. The summed E-state index contributed by atoms with van der Waals surface area (Å²) in [6, 6.07) is 0.0361. The lowest BCUT2D eigenvalue weighted by atomic mass is 10.1. The molecule has 1 atom stereocenters. The summed E-state index contributed by atoms with van der Waals surface area (Å²) >= 11 is 0. The molecule has 1 aliphatic heterocycles. The Morgan fingerprint density at radius 2 is 2.15 bits per heavy atom. The van der Waals surface area contributed by atoms with Gasteiger partial charge in [0.15, 0.2) is 6.73 Å². The Balaban J connectivity index is 2.30. The van der Waals surface area contributed by atoms with Gasteiger partial charge in [-0.05, 0) is 33.6 Å². The second-order valence-corrected chi connectivity index (χ2v) is 5.63. The van der Waals surface area contributed by atoms with E-state index < -0.39 is 17.8 Å². The number of terminal acetylenes is 1. The lowest BCUT2D eigenvalue weighted by Gasteiger charge is -2.23. The smallest absolute Gasteiger partial charge is 0.411 e. The molecule has 0 aromatic carbocycles. The molecule has 0 bridgehead atoms. The normalized spacial score (nSPS) is 18.3. The topological polar surface area (TPSA) is 67.9 Å². The number of nitrogens with one attached hydrogen (secondary N) is 1.